The molecule has 2 saturated heterocycles. The Bertz CT molecular complexity index is 435. The lowest BCUT2D eigenvalue weighted by Crippen LogP contribution is -2.35. The molecular formula is C18H27NO3. The molecule has 4 nitrogen and oxygen atoms in total. The fraction of sp³-hybridized carbons (Fsp3) is 0.667. The third-order valence-electron chi connectivity index (χ3n) is 4.61. The molecule has 0 radical (unpaired) electrons. The fourth-order valence-corrected chi connectivity index (χ4v) is 3.45. The Kier molecular flexibility index (Phi) is 5.70. The summed E-state index contributed by atoms with van der Waals surface area (Å²) in [6, 6.07) is 8.31. The number of benzene rings is 1. The van der Waals surface area contributed by atoms with Gasteiger partial charge in [0.2, 0.25) is 0 Å². The molecule has 3 rings (SSSR count). The van der Waals surface area contributed by atoms with E-state index in [4.69, 9.17) is 14.2 Å². The predicted octanol–water partition coefficient (Wildman–Crippen LogP) is 2.71. The minimum atomic E-state index is 0.386. The van der Waals surface area contributed by atoms with Crippen LogP contribution in [0.2, 0.25) is 0 Å². The van der Waals surface area contributed by atoms with Crippen LogP contribution in [0, 0.1) is 5.92 Å². The summed E-state index contributed by atoms with van der Waals surface area (Å²) in [5, 5.41) is 0. The molecule has 0 saturated carbocycles. The van der Waals surface area contributed by atoms with E-state index >= 15 is 0 Å². The van der Waals surface area contributed by atoms with Gasteiger partial charge in [-0.2, -0.15) is 0 Å². The van der Waals surface area contributed by atoms with Crippen LogP contribution >= 0.6 is 0 Å². The molecule has 0 aliphatic carbocycles. The van der Waals surface area contributed by atoms with Gasteiger partial charge in [-0.25, -0.2) is 0 Å². The monoisotopic (exact) mass is 305 g/mol. The molecule has 122 valence electrons. The van der Waals surface area contributed by atoms with Crippen LogP contribution in [0.25, 0.3) is 0 Å². The third-order valence-corrected chi connectivity index (χ3v) is 4.61. The Hall–Kier alpha value is -1.10. The average Bonchev–Trinajstić information content (AvgIpc) is 3.21. The van der Waals surface area contributed by atoms with Crippen LogP contribution in [0.3, 0.4) is 0 Å². The summed E-state index contributed by atoms with van der Waals surface area (Å²) in [5.41, 5.74) is 1.25. The van der Waals surface area contributed by atoms with Crippen LogP contribution in [0.15, 0.2) is 24.3 Å². The molecule has 2 atom stereocenters. The van der Waals surface area contributed by atoms with Crippen molar-refractivity contribution >= 4 is 0 Å². The van der Waals surface area contributed by atoms with Crippen molar-refractivity contribution in [3.05, 3.63) is 29.8 Å². The van der Waals surface area contributed by atoms with E-state index in [1.165, 1.54) is 24.8 Å². The van der Waals surface area contributed by atoms with Crippen LogP contribution in [0.5, 0.6) is 5.75 Å². The Morgan fingerprint density at radius 3 is 2.82 bits per heavy atom. The zero-order chi connectivity index (χ0) is 15.2. The Morgan fingerprint density at radius 2 is 2.09 bits per heavy atom. The van der Waals surface area contributed by atoms with Gasteiger partial charge in [0.05, 0.1) is 19.8 Å². The van der Waals surface area contributed by atoms with Crippen LogP contribution in [0.4, 0.5) is 0 Å². The van der Waals surface area contributed by atoms with Crippen LogP contribution in [-0.2, 0) is 16.0 Å². The Labute approximate surface area is 133 Å². The number of rotatable bonds is 7. The van der Waals surface area contributed by atoms with E-state index in [1.807, 2.05) is 12.1 Å². The van der Waals surface area contributed by atoms with Crippen LogP contribution in [0.1, 0.15) is 24.8 Å². The molecule has 2 aliphatic heterocycles. The van der Waals surface area contributed by atoms with Crippen molar-refractivity contribution in [1.29, 1.82) is 0 Å². The topological polar surface area (TPSA) is 30.9 Å². The summed E-state index contributed by atoms with van der Waals surface area (Å²) in [7, 11) is 1.74. The summed E-state index contributed by atoms with van der Waals surface area (Å²) < 4.78 is 16.9. The van der Waals surface area contributed by atoms with E-state index in [2.05, 4.69) is 17.0 Å². The van der Waals surface area contributed by atoms with E-state index in [0.29, 0.717) is 12.0 Å². The predicted molar refractivity (Wildman–Crippen MR) is 86.2 cm³/mol. The summed E-state index contributed by atoms with van der Waals surface area (Å²) in [4.78, 5) is 2.52. The second-order valence-electron chi connectivity index (χ2n) is 6.37. The van der Waals surface area contributed by atoms with Gasteiger partial charge in [0, 0.05) is 38.4 Å². The smallest absolute Gasteiger partial charge is 0.123 e. The van der Waals surface area contributed by atoms with Gasteiger partial charge in [-0.1, -0.05) is 18.2 Å². The van der Waals surface area contributed by atoms with Crippen molar-refractivity contribution < 1.29 is 14.2 Å². The first-order valence-corrected chi connectivity index (χ1v) is 8.38. The van der Waals surface area contributed by atoms with Crippen LogP contribution in [-0.4, -0.2) is 51.0 Å². The van der Waals surface area contributed by atoms with E-state index in [9.17, 15) is 0 Å². The number of hydrogen-bond donors (Lipinski definition) is 0. The minimum absolute atomic E-state index is 0.386. The third kappa shape index (κ3) is 4.22. The van der Waals surface area contributed by atoms with Gasteiger partial charge >= 0.3 is 0 Å². The first-order valence-electron chi connectivity index (χ1n) is 8.38. The fourth-order valence-electron chi connectivity index (χ4n) is 3.45. The molecule has 0 N–H and O–H groups in total. The SMILES string of the molecule is COc1ccccc1CN(C[C@H]1CCOC1)C[C@H]1CCCO1. The van der Waals surface area contributed by atoms with Crippen molar-refractivity contribution in [1.82, 2.24) is 4.90 Å². The summed E-state index contributed by atoms with van der Waals surface area (Å²) >= 11 is 0. The van der Waals surface area contributed by atoms with E-state index in [0.717, 1.165) is 45.2 Å². The molecule has 0 unspecified atom stereocenters. The standard InChI is InChI=1S/C18H27NO3/c1-20-18-7-3-2-5-16(18)12-19(11-15-8-10-21-14-15)13-17-6-4-9-22-17/h2-3,5,7,15,17H,4,6,8-14H2,1H3/t15-,17-/m1/s1. The molecule has 22 heavy (non-hydrogen) atoms. The van der Waals surface area contributed by atoms with Gasteiger partial charge in [-0.3, -0.25) is 4.90 Å². The molecule has 0 aromatic heterocycles. The number of para-hydroxylation sites is 1. The Balaban J connectivity index is 1.65. The Morgan fingerprint density at radius 1 is 1.18 bits per heavy atom. The van der Waals surface area contributed by atoms with E-state index in [-0.39, 0.29) is 0 Å². The van der Waals surface area contributed by atoms with Gasteiger partial charge in [0.1, 0.15) is 5.75 Å². The lowest BCUT2D eigenvalue weighted by atomic mass is 10.1. The highest BCUT2D eigenvalue weighted by molar-refractivity contribution is 5.33. The van der Waals surface area contributed by atoms with Crippen molar-refractivity contribution in [3.8, 4) is 5.75 Å². The number of ether oxygens (including phenoxy) is 3. The summed E-state index contributed by atoms with van der Waals surface area (Å²) in [6.45, 7) is 5.73. The highest BCUT2D eigenvalue weighted by atomic mass is 16.5. The lowest BCUT2D eigenvalue weighted by Gasteiger charge is -2.28. The molecule has 1 aromatic carbocycles. The molecule has 1 aromatic rings. The summed E-state index contributed by atoms with van der Waals surface area (Å²) in [6.07, 6.45) is 3.94. The maximum atomic E-state index is 5.84. The van der Waals surface area contributed by atoms with Crippen molar-refractivity contribution in [3.63, 3.8) is 0 Å². The first-order chi connectivity index (χ1) is 10.8. The minimum Gasteiger partial charge on any atom is -0.496 e. The molecule has 2 aliphatic rings. The number of hydrogen-bond acceptors (Lipinski definition) is 4. The van der Waals surface area contributed by atoms with Gasteiger partial charge in [-0.05, 0) is 31.2 Å². The van der Waals surface area contributed by atoms with Crippen LogP contribution < -0.4 is 4.74 Å². The molecule has 0 spiro atoms. The molecule has 4 heteroatoms. The van der Waals surface area contributed by atoms with Gasteiger partial charge in [-0.15, -0.1) is 0 Å². The van der Waals surface area contributed by atoms with Crippen molar-refractivity contribution in [2.24, 2.45) is 5.92 Å². The van der Waals surface area contributed by atoms with Gasteiger partial charge in [0.25, 0.3) is 0 Å². The zero-order valence-corrected chi connectivity index (χ0v) is 13.5. The summed E-state index contributed by atoms with van der Waals surface area (Å²) in [5.74, 6) is 1.62. The second kappa shape index (κ2) is 7.95. The second-order valence-corrected chi connectivity index (χ2v) is 6.37. The van der Waals surface area contributed by atoms with Crippen molar-refractivity contribution in [2.75, 3.05) is 40.0 Å². The van der Waals surface area contributed by atoms with Crippen molar-refractivity contribution in [2.45, 2.75) is 31.9 Å². The molecule has 0 amide bonds. The number of nitrogens with zero attached hydrogens (tertiary/aromatic N) is 1. The highest BCUT2D eigenvalue weighted by Gasteiger charge is 2.24. The first kappa shape index (κ1) is 15.8. The molecule has 0 bridgehead atoms. The average molecular weight is 305 g/mol. The number of methoxy groups -OCH3 is 1. The molecular weight excluding hydrogens is 278 g/mol. The quantitative estimate of drug-likeness (QED) is 0.775. The van der Waals surface area contributed by atoms with Gasteiger partial charge in [0.15, 0.2) is 0 Å². The molecule has 2 heterocycles. The largest absolute Gasteiger partial charge is 0.496 e. The maximum Gasteiger partial charge on any atom is 0.123 e. The highest BCUT2D eigenvalue weighted by Crippen LogP contribution is 2.23. The van der Waals surface area contributed by atoms with E-state index in [1.54, 1.807) is 7.11 Å². The maximum absolute atomic E-state index is 5.84. The van der Waals surface area contributed by atoms with Gasteiger partial charge < -0.3 is 14.2 Å². The normalized spacial score (nSPS) is 25.0. The lowest BCUT2D eigenvalue weighted by molar-refractivity contribution is 0.0628. The van der Waals surface area contributed by atoms with E-state index < -0.39 is 0 Å². The zero-order valence-electron chi connectivity index (χ0n) is 13.5. The molecule has 2 fully saturated rings.